The summed E-state index contributed by atoms with van der Waals surface area (Å²) < 4.78 is 46.2. The molecule has 0 bridgehead atoms. The van der Waals surface area contributed by atoms with Crippen LogP contribution < -0.4 is 4.74 Å². The highest BCUT2D eigenvalue weighted by atomic mass is 19.4. The molecule has 1 aliphatic heterocycles. The molecule has 1 aromatic carbocycles. The van der Waals surface area contributed by atoms with E-state index in [0.29, 0.717) is 19.5 Å². The van der Waals surface area contributed by atoms with Crippen LogP contribution in [0.25, 0.3) is 0 Å². The Hall–Kier alpha value is -2.25. The van der Waals surface area contributed by atoms with Gasteiger partial charge in [-0.05, 0) is 43.9 Å². The molecule has 8 heteroatoms. The summed E-state index contributed by atoms with van der Waals surface area (Å²) in [6, 6.07) is 5.66. The summed E-state index contributed by atoms with van der Waals surface area (Å²) >= 11 is 0. The van der Waals surface area contributed by atoms with Gasteiger partial charge in [0.2, 0.25) is 5.91 Å². The van der Waals surface area contributed by atoms with Crippen LogP contribution in [0, 0.1) is 11.8 Å². The second-order valence-corrected chi connectivity index (χ2v) is 7.72. The van der Waals surface area contributed by atoms with Gasteiger partial charge in [0.05, 0.1) is 12.5 Å². The molecule has 160 valence electrons. The van der Waals surface area contributed by atoms with E-state index < -0.39 is 12.3 Å². The van der Waals surface area contributed by atoms with Crippen molar-refractivity contribution in [2.75, 3.05) is 19.7 Å². The number of piperidine rings is 1. The monoisotopic (exact) mass is 413 g/mol. The van der Waals surface area contributed by atoms with Crippen LogP contribution in [0.1, 0.15) is 50.5 Å². The van der Waals surface area contributed by atoms with Crippen molar-refractivity contribution in [1.82, 2.24) is 4.90 Å². The van der Waals surface area contributed by atoms with E-state index in [2.05, 4.69) is 4.74 Å². The van der Waals surface area contributed by atoms with Crippen LogP contribution in [-0.4, -0.2) is 42.8 Å². The Kier molecular flexibility index (Phi) is 6.70. The number of alkyl halides is 3. The molecule has 1 aromatic rings. The van der Waals surface area contributed by atoms with Crippen LogP contribution in [0.5, 0.6) is 5.75 Å². The lowest BCUT2D eigenvalue weighted by atomic mass is 9.84. The highest BCUT2D eigenvalue weighted by Crippen LogP contribution is 2.35. The van der Waals surface area contributed by atoms with Gasteiger partial charge in [0.15, 0.2) is 0 Å². The van der Waals surface area contributed by atoms with Crippen molar-refractivity contribution in [1.29, 1.82) is 0 Å². The Morgan fingerprint density at radius 3 is 2.31 bits per heavy atom. The Balaban J connectivity index is 1.76. The van der Waals surface area contributed by atoms with Gasteiger partial charge in [0.25, 0.3) is 0 Å². The first-order chi connectivity index (χ1) is 13.8. The van der Waals surface area contributed by atoms with E-state index in [1.807, 2.05) is 0 Å². The maximum Gasteiger partial charge on any atom is 0.573 e. The minimum Gasteiger partial charge on any atom is -0.466 e. The maximum atomic E-state index is 12.9. The molecule has 1 saturated heterocycles. The third-order valence-corrected chi connectivity index (χ3v) is 5.67. The van der Waals surface area contributed by atoms with Crippen LogP contribution in [0.2, 0.25) is 0 Å². The van der Waals surface area contributed by atoms with E-state index >= 15 is 0 Å². The number of benzene rings is 1. The van der Waals surface area contributed by atoms with Crippen molar-refractivity contribution in [3.63, 3.8) is 0 Å². The van der Waals surface area contributed by atoms with Crippen molar-refractivity contribution in [3.8, 4) is 5.75 Å². The number of amides is 1. The van der Waals surface area contributed by atoms with Crippen molar-refractivity contribution in [2.24, 2.45) is 11.8 Å². The summed E-state index contributed by atoms with van der Waals surface area (Å²) in [5.74, 6) is -1.15. The Bertz CT molecular complexity index is 714. The number of likely N-dealkylation sites (tertiary alicyclic amines) is 1. The van der Waals surface area contributed by atoms with E-state index in [9.17, 15) is 22.8 Å². The van der Waals surface area contributed by atoms with Crippen LogP contribution in [-0.2, 0) is 14.3 Å². The lowest BCUT2D eigenvalue weighted by Crippen LogP contribution is -2.47. The summed E-state index contributed by atoms with van der Waals surface area (Å²) in [5.41, 5.74) is 0.776. The fourth-order valence-corrected chi connectivity index (χ4v) is 4.32. The third-order valence-electron chi connectivity index (χ3n) is 5.67. The average Bonchev–Trinajstić information content (AvgIpc) is 3.21. The molecule has 1 saturated carbocycles. The first kappa shape index (κ1) is 21.5. The summed E-state index contributed by atoms with van der Waals surface area (Å²) in [6.45, 7) is 2.78. The predicted molar refractivity (Wildman–Crippen MR) is 99.1 cm³/mol. The van der Waals surface area contributed by atoms with Crippen LogP contribution in [0.15, 0.2) is 24.3 Å². The van der Waals surface area contributed by atoms with Gasteiger partial charge in [0.1, 0.15) is 5.75 Å². The van der Waals surface area contributed by atoms with E-state index in [1.54, 1.807) is 24.0 Å². The fraction of sp³-hybridized carbons (Fsp3) is 0.619. The normalized spacial score (nSPS) is 23.1. The van der Waals surface area contributed by atoms with Crippen molar-refractivity contribution < 1.29 is 32.2 Å². The lowest BCUT2D eigenvalue weighted by Gasteiger charge is -2.38. The number of ether oxygens (including phenoxy) is 2. The summed E-state index contributed by atoms with van der Waals surface area (Å²) in [5, 5.41) is 0. The summed E-state index contributed by atoms with van der Waals surface area (Å²) in [7, 11) is 0. The number of rotatable bonds is 5. The fourth-order valence-electron chi connectivity index (χ4n) is 4.32. The molecule has 0 aromatic heterocycles. The molecule has 2 aliphatic rings. The zero-order valence-electron chi connectivity index (χ0n) is 16.4. The summed E-state index contributed by atoms with van der Waals surface area (Å²) in [6.07, 6.45) is -0.439. The Morgan fingerprint density at radius 1 is 1.07 bits per heavy atom. The number of carbonyl (C=O) groups excluding carboxylic acids is 2. The first-order valence-electron chi connectivity index (χ1n) is 10.1. The van der Waals surface area contributed by atoms with Gasteiger partial charge in [0, 0.05) is 24.9 Å². The molecular formula is C21H26F3NO4. The number of carbonyl (C=O) groups is 2. The molecule has 0 N–H and O–H groups in total. The van der Waals surface area contributed by atoms with Gasteiger partial charge in [-0.2, -0.15) is 0 Å². The number of esters is 1. The SMILES string of the molecule is CCOC(=O)C1CC(c2ccc(OC(F)(F)F)cc2)CN(C(=O)C2CCCC2)C1. The highest BCUT2D eigenvalue weighted by molar-refractivity contribution is 5.81. The third kappa shape index (κ3) is 5.64. The quantitative estimate of drug-likeness (QED) is 0.677. The molecule has 29 heavy (non-hydrogen) atoms. The number of hydrogen-bond donors (Lipinski definition) is 0. The van der Waals surface area contributed by atoms with E-state index in [0.717, 1.165) is 31.2 Å². The Morgan fingerprint density at radius 2 is 1.72 bits per heavy atom. The van der Waals surface area contributed by atoms with Crippen molar-refractivity contribution in [2.45, 2.75) is 51.3 Å². The molecule has 0 spiro atoms. The zero-order chi connectivity index (χ0) is 21.0. The predicted octanol–water partition coefficient (Wildman–Crippen LogP) is 4.27. The molecule has 2 unspecified atom stereocenters. The van der Waals surface area contributed by atoms with Crippen molar-refractivity contribution >= 4 is 11.9 Å². The molecule has 1 heterocycles. The molecule has 2 fully saturated rings. The number of hydrogen-bond acceptors (Lipinski definition) is 4. The second-order valence-electron chi connectivity index (χ2n) is 7.72. The molecule has 0 radical (unpaired) electrons. The van der Waals surface area contributed by atoms with E-state index in [-0.39, 0.29) is 36.1 Å². The van der Waals surface area contributed by atoms with Crippen LogP contribution in [0.4, 0.5) is 13.2 Å². The summed E-state index contributed by atoms with van der Waals surface area (Å²) in [4.78, 5) is 27.1. The van der Waals surface area contributed by atoms with E-state index in [4.69, 9.17) is 4.74 Å². The highest BCUT2D eigenvalue weighted by Gasteiger charge is 2.38. The molecule has 3 rings (SSSR count). The van der Waals surface area contributed by atoms with Crippen LogP contribution in [0.3, 0.4) is 0 Å². The number of halogens is 3. The molecule has 1 aliphatic carbocycles. The van der Waals surface area contributed by atoms with Gasteiger partial charge in [-0.25, -0.2) is 0 Å². The van der Waals surface area contributed by atoms with Gasteiger partial charge in [-0.1, -0.05) is 25.0 Å². The van der Waals surface area contributed by atoms with Gasteiger partial charge < -0.3 is 14.4 Å². The largest absolute Gasteiger partial charge is 0.573 e. The van der Waals surface area contributed by atoms with Crippen LogP contribution >= 0.6 is 0 Å². The van der Waals surface area contributed by atoms with E-state index in [1.165, 1.54) is 12.1 Å². The minimum absolute atomic E-state index is 0.000780. The topological polar surface area (TPSA) is 55.8 Å². The average molecular weight is 413 g/mol. The zero-order valence-corrected chi connectivity index (χ0v) is 16.4. The molecular weight excluding hydrogens is 387 g/mol. The standard InChI is InChI=1S/C21H26F3NO4/c1-2-28-20(27)17-11-16(12-25(13-17)19(26)15-5-3-4-6-15)14-7-9-18(10-8-14)29-21(22,23)24/h7-10,15-17H,2-6,11-13H2,1H3. The molecule has 5 nitrogen and oxygen atoms in total. The molecule has 1 amide bonds. The van der Waals surface area contributed by atoms with Gasteiger partial charge in [-0.3, -0.25) is 9.59 Å². The first-order valence-corrected chi connectivity index (χ1v) is 10.1. The molecule has 2 atom stereocenters. The second kappa shape index (κ2) is 9.05. The number of nitrogens with zero attached hydrogens (tertiary/aromatic N) is 1. The smallest absolute Gasteiger partial charge is 0.466 e. The Labute approximate surface area is 168 Å². The maximum absolute atomic E-state index is 12.9. The van der Waals surface area contributed by atoms with Crippen molar-refractivity contribution in [3.05, 3.63) is 29.8 Å². The lowest BCUT2D eigenvalue weighted by molar-refractivity contribution is -0.274. The van der Waals surface area contributed by atoms with Gasteiger partial charge >= 0.3 is 12.3 Å². The van der Waals surface area contributed by atoms with Gasteiger partial charge in [-0.15, -0.1) is 13.2 Å². The minimum atomic E-state index is -4.74.